The SMILES string of the molecule is COc1ccccc1NC(=O)C(C#N)=Cc1cc(C)n(-c2cccc(C(F)(F)F)c2)c1C. The van der Waals surface area contributed by atoms with Gasteiger partial charge in [-0.25, -0.2) is 0 Å². The van der Waals surface area contributed by atoms with Crippen LogP contribution in [0.3, 0.4) is 0 Å². The molecule has 2 aromatic carbocycles. The van der Waals surface area contributed by atoms with Crippen LogP contribution in [0.2, 0.25) is 0 Å². The summed E-state index contributed by atoms with van der Waals surface area (Å²) in [4.78, 5) is 12.7. The maximum atomic E-state index is 13.1. The maximum absolute atomic E-state index is 13.1. The van der Waals surface area contributed by atoms with Gasteiger partial charge in [-0.3, -0.25) is 4.79 Å². The monoisotopic (exact) mass is 439 g/mol. The predicted octanol–water partition coefficient (Wildman–Crippen LogP) is 5.67. The topological polar surface area (TPSA) is 67.0 Å². The number of nitrogens with one attached hydrogen (secondary N) is 1. The van der Waals surface area contributed by atoms with Gasteiger partial charge in [0.05, 0.1) is 18.4 Å². The average Bonchev–Trinajstić information content (AvgIpc) is 3.04. The minimum atomic E-state index is -4.46. The van der Waals surface area contributed by atoms with E-state index < -0.39 is 17.6 Å². The van der Waals surface area contributed by atoms with Crippen LogP contribution >= 0.6 is 0 Å². The number of benzene rings is 2. The van der Waals surface area contributed by atoms with Gasteiger partial charge in [0.25, 0.3) is 5.91 Å². The van der Waals surface area contributed by atoms with E-state index in [1.807, 2.05) is 6.07 Å². The van der Waals surface area contributed by atoms with Crippen LogP contribution < -0.4 is 10.1 Å². The summed E-state index contributed by atoms with van der Waals surface area (Å²) in [5.74, 6) is -0.179. The summed E-state index contributed by atoms with van der Waals surface area (Å²) in [6, 6.07) is 15.4. The lowest BCUT2D eigenvalue weighted by molar-refractivity contribution is -0.137. The van der Waals surface area contributed by atoms with Gasteiger partial charge in [-0.15, -0.1) is 0 Å². The number of ether oxygens (including phenoxy) is 1. The van der Waals surface area contributed by atoms with Gasteiger partial charge in [0.1, 0.15) is 17.4 Å². The molecule has 164 valence electrons. The molecule has 1 amide bonds. The number of aryl methyl sites for hydroxylation is 1. The number of hydrogen-bond acceptors (Lipinski definition) is 3. The van der Waals surface area contributed by atoms with Crippen LogP contribution in [-0.2, 0) is 11.0 Å². The lowest BCUT2D eigenvalue weighted by atomic mass is 10.1. The van der Waals surface area contributed by atoms with E-state index in [0.29, 0.717) is 34.1 Å². The molecule has 3 rings (SSSR count). The molecule has 0 bridgehead atoms. The first kappa shape index (κ1) is 22.7. The molecule has 8 heteroatoms. The Morgan fingerprint density at radius 1 is 1.12 bits per heavy atom. The standard InChI is InChI=1S/C24H20F3N3O2/c1-15-11-17(16(2)30(15)20-8-6-7-19(13-20)24(25,26)27)12-18(14-28)23(31)29-21-9-4-5-10-22(21)32-3/h4-13H,1-3H3,(H,29,31). The number of anilines is 1. The first-order valence-corrected chi connectivity index (χ1v) is 9.58. The second-order valence-corrected chi connectivity index (χ2v) is 7.03. The Labute approximate surface area is 183 Å². The van der Waals surface area contributed by atoms with E-state index in [1.165, 1.54) is 19.3 Å². The third-order valence-corrected chi connectivity index (χ3v) is 4.92. The summed E-state index contributed by atoms with van der Waals surface area (Å²) in [5.41, 5.74) is 1.65. The largest absolute Gasteiger partial charge is 0.495 e. The van der Waals surface area contributed by atoms with Gasteiger partial charge in [0.15, 0.2) is 0 Å². The van der Waals surface area contributed by atoms with Crippen molar-refractivity contribution in [2.45, 2.75) is 20.0 Å². The van der Waals surface area contributed by atoms with Crippen LogP contribution in [0.15, 0.2) is 60.2 Å². The number of carbonyl (C=O) groups excluding carboxylic acids is 1. The molecule has 0 saturated carbocycles. The molecule has 5 nitrogen and oxygen atoms in total. The van der Waals surface area contributed by atoms with E-state index in [4.69, 9.17) is 4.74 Å². The fourth-order valence-corrected chi connectivity index (χ4v) is 3.39. The molecule has 1 N–H and O–H groups in total. The molecule has 32 heavy (non-hydrogen) atoms. The quantitative estimate of drug-likeness (QED) is 0.412. The van der Waals surface area contributed by atoms with E-state index in [9.17, 15) is 23.2 Å². The molecular formula is C24H20F3N3O2. The number of amides is 1. The molecule has 0 atom stereocenters. The van der Waals surface area contributed by atoms with E-state index in [0.717, 1.165) is 12.1 Å². The molecular weight excluding hydrogens is 419 g/mol. The molecule has 3 aromatic rings. The average molecular weight is 439 g/mol. The van der Waals surface area contributed by atoms with E-state index >= 15 is 0 Å². The fourth-order valence-electron chi connectivity index (χ4n) is 3.39. The Bertz CT molecular complexity index is 1230. The molecule has 0 saturated heterocycles. The molecule has 0 unspecified atom stereocenters. The maximum Gasteiger partial charge on any atom is 0.416 e. The number of aromatic nitrogens is 1. The summed E-state index contributed by atoms with van der Waals surface area (Å²) in [7, 11) is 1.47. The van der Waals surface area contributed by atoms with Gasteiger partial charge in [-0.1, -0.05) is 18.2 Å². The summed E-state index contributed by atoms with van der Waals surface area (Å²) in [6.07, 6.45) is -3.05. The number of nitriles is 1. The van der Waals surface area contributed by atoms with Crippen molar-refractivity contribution in [1.82, 2.24) is 4.57 Å². The molecule has 1 aromatic heterocycles. The van der Waals surface area contributed by atoms with Crippen LogP contribution in [0.25, 0.3) is 11.8 Å². The number of nitrogens with zero attached hydrogens (tertiary/aromatic N) is 2. The number of methoxy groups -OCH3 is 1. The van der Waals surface area contributed by atoms with Gasteiger partial charge in [0.2, 0.25) is 0 Å². The number of carbonyl (C=O) groups is 1. The highest BCUT2D eigenvalue weighted by atomic mass is 19.4. The Morgan fingerprint density at radius 3 is 2.50 bits per heavy atom. The molecule has 0 aliphatic heterocycles. The molecule has 0 aliphatic rings. The molecule has 0 aliphatic carbocycles. The lowest BCUT2D eigenvalue weighted by Crippen LogP contribution is -2.14. The van der Waals surface area contributed by atoms with Crippen molar-refractivity contribution >= 4 is 17.7 Å². The van der Waals surface area contributed by atoms with E-state index in [1.54, 1.807) is 54.8 Å². The zero-order valence-electron chi connectivity index (χ0n) is 17.6. The molecule has 1 heterocycles. The summed E-state index contributed by atoms with van der Waals surface area (Å²) >= 11 is 0. The third-order valence-electron chi connectivity index (χ3n) is 4.92. The smallest absolute Gasteiger partial charge is 0.416 e. The Kier molecular flexibility index (Phi) is 6.40. The van der Waals surface area contributed by atoms with Gasteiger partial charge >= 0.3 is 6.18 Å². The Morgan fingerprint density at radius 2 is 1.84 bits per heavy atom. The number of halogens is 3. The van der Waals surface area contributed by atoms with Crippen molar-refractivity contribution in [1.29, 1.82) is 5.26 Å². The second kappa shape index (κ2) is 9.02. The van der Waals surface area contributed by atoms with Crippen molar-refractivity contribution in [3.63, 3.8) is 0 Å². The Balaban J connectivity index is 1.97. The van der Waals surface area contributed by atoms with Crippen molar-refractivity contribution in [2.24, 2.45) is 0 Å². The van der Waals surface area contributed by atoms with Gasteiger partial charge in [-0.2, -0.15) is 18.4 Å². The zero-order chi connectivity index (χ0) is 23.5. The van der Waals surface area contributed by atoms with Crippen molar-refractivity contribution in [3.05, 3.63) is 82.7 Å². The highest BCUT2D eigenvalue weighted by molar-refractivity contribution is 6.10. The van der Waals surface area contributed by atoms with E-state index in [2.05, 4.69) is 5.32 Å². The minimum Gasteiger partial charge on any atom is -0.495 e. The van der Waals surface area contributed by atoms with Crippen molar-refractivity contribution in [2.75, 3.05) is 12.4 Å². The third kappa shape index (κ3) is 4.67. The first-order chi connectivity index (χ1) is 15.2. The van der Waals surface area contributed by atoms with Gasteiger partial charge in [-0.05, 0) is 61.9 Å². The van der Waals surface area contributed by atoms with Crippen LogP contribution in [-0.4, -0.2) is 17.6 Å². The Hall–Kier alpha value is -3.99. The molecule has 0 radical (unpaired) electrons. The summed E-state index contributed by atoms with van der Waals surface area (Å²) in [6.45, 7) is 3.46. The normalized spacial score (nSPS) is 11.7. The van der Waals surface area contributed by atoms with Crippen LogP contribution in [0.4, 0.5) is 18.9 Å². The van der Waals surface area contributed by atoms with Crippen LogP contribution in [0, 0.1) is 25.2 Å². The lowest BCUT2D eigenvalue weighted by Gasteiger charge is -2.13. The van der Waals surface area contributed by atoms with Crippen molar-refractivity contribution < 1.29 is 22.7 Å². The first-order valence-electron chi connectivity index (χ1n) is 9.58. The van der Waals surface area contributed by atoms with Crippen LogP contribution in [0.5, 0.6) is 5.75 Å². The van der Waals surface area contributed by atoms with Crippen LogP contribution in [0.1, 0.15) is 22.5 Å². The number of para-hydroxylation sites is 2. The van der Waals surface area contributed by atoms with Gasteiger partial charge < -0.3 is 14.6 Å². The molecule has 0 fully saturated rings. The van der Waals surface area contributed by atoms with Gasteiger partial charge in [0, 0.05) is 17.1 Å². The molecule has 0 spiro atoms. The highest BCUT2D eigenvalue weighted by Gasteiger charge is 2.30. The predicted molar refractivity (Wildman–Crippen MR) is 115 cm³/mol. The fraction of sp³-hybridized carbons (Fsp3) is 0.167. The minimum absolute atomic E-state index is 0.153. The van der Waals surface area contributed by atoms with Crippen molar-refractivity contribution in [3.8, 4) is 17.5 Å². The second-order valence-electron chi connectivity index (χ2n) is 7.03. The number of alkyl halides is 3. The van der Waals surface area contributed by atoms with E-state index in [-0.39, 0.29) is 5.57 Å². The summed E-state index contributed by atoms with van der Waals surface area (Å²) < 4.78 is 46.2. The highest BCUT2D eigenvalue weighted by Crippen LogP contribution is 2.32. The number of hydrogen-bond donors (Lipinski definition) is 1. The zero-order valence-corrected chi connectivity index (χ0v) is 17.6. The number of rotatable bonds is 5. The summed E-state index contributed by atoms with van der Waals surface area (Å²) in [5, 5.41) is 12.2.